The second-order valence-electron chi connectivity index (χ2n) is 5.74. The van der Waals surface area contributed by atoms with Crippen molar-refractivity contribution in [3.63, 3.8) is 0 Å². The fraction of sp³-hybridized carbons (Fsp3) is 0.562. The number of ether oxygens (including phenoxy) is 1. The zero-order valence-electron chi connectivity index (χ0n) is 12.1. The van der Waals surface area contributed by atoms with Gasteiger partial charge in [0.05, 0.1) is 7.11 Å². The van der Waals surface area contributed by atoms with E-state index in [2.05, 4.69) is 17.4 Å². The maximum Gasteiger partial charge on any atom is 0.219 e. The molecular formula is C16H22N2O2. The van der Waals surface area contributed by atoms with Crippen molar-refractivity contribution in [3.05, 3.63) is 29.8 Å². The van der Waals surface area contributed by atoms with Crippen LogP contribution in [-0.2, 0) is 4.79 Å². The highest BCUT2D eigenvalue weighted by atomic mass is 16.5. The highest BCUT2D eigenvalue weighted by Gasteiger charge is 2.44. The summed E-state index contributed by atoms with van der Waals surface area (Å²) in [6.45, 7) is 3.56. The van der Waals surface area contributed by atoms with Crippen LogP contribution in [0.1, 0.15) is 31.2 Å². The van der Waals surface area contributed by atoms with Gasteiger partial charge in [-0.1, -0.05) is 12.1 Å². The largest absolute Gasteiger partial charge is 0.497 e. The fourth-order valence-corrected chi connectivity index (χ4v) is 3.64. The quantitative estimate of drug-likeness (QED) is 0.893. The molecule has 1 aromatic carbocycles. The van der Waals surface area contributed by atoms with Crippen molar-refractivity contribution < 1.29 is 9.53 Å². The maximum absolute atomic E-state index is 11.9. The summed E-state index contributed by atoms with van der Waals surface area (Å²) in [4.78, 5) is 13.9. The molecule has 3 atom stereocenters. The Labute approximate surface area is 120 Å². The molecule has 0 bridgehead atoms. The van der Waals surface area contributed by atoms with Crippen molar-refractivity contribution >= 4 is 5.91 Å². The van der Waals surface area contributed by atoms with E-state index in [-0.39, 0.29) is 5.91 Å². The molecule has 2 fully saturated rings. The number of nitrogens with one attached hydrogen (secondary N) is 1. The number of amides is 1. The third kappa shape index (κ3) is 2.29. The van der Waals surface area contributed by atoms with Crippen molar-refractivity contribution in [2.45, 2.75) is 37.8 Å². The Balaban J connectivity index is 1.86. The molecule has 2 aliphatic heterocycles. The van der Waals surface area contributed by atoms with Gasteiger partial charge in [-0.2, -0.15) is 0 Å². The zero-order chi connectivity index (χ0) is 14.1. The number of fused-ring (bicyclic) bond motifs is 1. The molecule has 20 heavy (non-hydrogen) atoms. The van der Waals surface area contributed by atoms with E-state index >= 15 is 0 Å². The monoisotopic (exact) mass is 274 g/mol. The second-order valence-corrected chi connectivity index (χ2v) is 5.74. The molecule has 1 N–H and O–H groups in total. The number of rotatable bonds is 2. The Kier molecular flexibility index (Phi) is 3.66. The van der Waals surface area contributed by atoms with Gasteiger partial charge in [-0.25, -0.2) is 0 Å². The summed E-state index contributed by atoms with van der Waals surface area (Å²) in [7, 11) is 1.68. The first-order chi connectivity index (χ1) is 9.70. The van der Waals surface area contributed by atoms with Gasteiger partial charge in [0.25, 0.3) is 0 Å². The first-order valence-electron chi connectivity index (χ1n) is 7.35. The molecule has 0 radical (unpaired) electrons. The molecule has 0 spiro atoms. The molecule has 2 heterocycles. The van der Waals surface area contributed by atoms with Crippen LogP contribution < -0.4 is 10.1 Å². The van der Waals surface area contributed by atoms with Crippen molar-refractivity contribution in [2.24, 2.45) is 0 Å². The molecule has 4 heteroatoms. The molecule has 0 aliphatic carbocycles. The van der Waals surface area contributed by atoms with E-state index in [1.165, 1.54) is 5.56 Å². The highest BCUT2D eigenvalue weighted by molar-refractivity contribution is 5.74. The summed E-state index contributed by atoms with van der Waals surface area (Å²) in [6.07, 6.45) is 2.27. The molecule has 4 nitrogen and oxygen atoms in total. The van der Waals surface area contributed by atoms with Crippen LogP contribution in [0.4, 0.5) is 0 Å². The minimum atomic E-state index is 0.194. The predicted molar refractivity (Wildman–Crippen MR) is 77.9 cm³/mol. The van der Waals surface area contributed by atoms with Crippen LogP contribution in [0.25, 0.3) is 0 Å². The van der Waals surface area contributed by atoms with Gasteiger partial charge in [0.2, 0.25) is 5.91 Å². The number of carbonyl (C=O) groups excluding carboxylic acids is 1. The number of carbonyl (C=O) groups is 1. The van der Waals surface area contributed by atoms with E-state index < -0.39 is 0 Å². The topological polar surface area (TPSA) is 41.6 Å². The summed E-state index contributed by atoms with van der Waals surface area (Å²) >= 11 is 0. The lowest BCUT2D eigenvalue weighted by Crippen LogP contribution is -2.49. The minimum absolute atomic E-state index is 0.194. The average Bonchev–Trinajstić information content (AvgIpc) is 2.87. The Morgan fingerprint density at radius 3 is 2.75 bits per heavy atom. The molecular weight excluding hydrogens is 252 g/mol. The third-order valence-corrected chi connectivity index (χ3v) is 4.65. The lowest BCUT2D eigenvalue weighted by molar-refractivity contribution is -0.130. The van der Waals surface area contributed by atoms with E-state index in [1.54, 1.807) is 14.0 Å². The Bertz CT molecular complexity index is 486. The first kappa shape index (κ1) is 13.4. The molecule has 1 aromatic rings. The standard InChI is InChI=1S/C16H22N2O2/c1-11(19)18-10-14(16-15(18)4-3-9-17-16)12-5-7-13(20-2)8-6-12/h5-8,14-17H,3-4,9-10H2,1-2H3. The SMILES string of the molecule is COc1ccc(C2CN(C(C)=O)C3CCCNC23)cc1. The fourth-order valence-electron chi connectivity index (χ4n) is 3.64. The molecule has 2 aliphatic rings. The third-order valence-electron chi connectivity index (χ3n) is 4.65. The zero-order valence-corrected chi connectivity index (χ0v) is 12.1. The summed E-state index contributed by atoms with van der Waals surface area (Å²) in [6, 6.07) is 9.00. The van der Waals surface area contributed by atoms with Gasteiger partial charge in [-0.3, -0.25) is 4.79 Å². The van der Waals surface area contributed by atoms with Crippen LogP contribution in [-0.4, -0.2) is 43.1 Å². The van der Waals surface area contributed by atoms with Gasteiger partial charge in [-0.15, -0.1) is 0 Å². The van der Waals surface area contributed by atoms with Crippen molar-refractivity contribution in [1.82, 2.24) is 10.2 Å². The molecule has 0 saturated carbocycles. The van der Waals surface area contributed by atoms with Crippen LogP contribution in [0.2, 0.25) is 0 Å². The Hall–Kier alpha value is -1.55. The number of piperidine rings is 1. The Morgan fingerprint density at radius 1 is 1.35 bits per heavy atom. The highest BCUT2D eigenvalue weighted by Crippen LogP contribution is 2.36. The van der Waals surface area contributed by atoms with Crippen LogP contribution in [0.15, 0.2) is 24.3 Å². The van der Waals surface area contributed by atoms with E-state index in [4.69, 9.17) is 4.74 Å². The van der Waals surface area contributed by atoms with Crippen molar-refractivity contribution in [1.29, 1.82) is 0 Å². The summed E-state index contributed by atoms with van der Waals surface area (Å²) in [5.74, 6) is 1.46. The van der Waals surface area contributed by atoms with Gasteiger partial charge < -0.3 is 15.0 Å². The number of hydrogen-bond donors (Lipinski definition) is 1. The van der Waals surface area contributed by atoms with Crippen LogP contribution in [0.5, 0.6) is 5.75 Å². The van der Waals surface area contributed by atoms with Gasteiger partial charge >= 0.3 is 0 Å². The van der Waals surface area contributed by atoms with Crippen LogP contribution in [0, 0.1) is 0 Å². The average molecular weight is 274 g/mol. The molecule has 108 valence electrons. The van der Waals surface area contributed by atoms with Gasteiger partial charge in [0.1, 0.15) is 5.75 Å². The number of hydrogen-bond acceptors (Lipinski definition) is 3. The van der Waals surface area contributed by atoms with Gasteiger partial charge in [0.15, 0.2) is 0 Å². The normalized spacial score (nSPS) is 29.1. The van der Waals surface area contributed by atoms with Gasteiger partial charge in [-0.05, 0) is 37.1 Å². The van der Waals surface area contributed by atoms with E-state index in [9.17, 15) is 4.79 Å². The molecule has 0 aromatic heterocycles. The van der Waals surface area contributed by atoms with Crippen molar-refractivity contribution in [2.75, 3.05) is 20.2 Å². The van der Waals surface area contributed by atoms with E-state index in [0.29, 0.717) is 18.0 Å². The Morgan fingerprint density at radius 2 is 2.10 bits per heavy atom. The number of methoxy groups -OCH3 is 1. The predicted octanol–water partition coefficient (Wildman–Crippen LogP) is 1.76. The van der Waals surface area contributed by atoms with Crippen molar-refractivity contribution in [3.8, 4) is 5.75 Å². The van der Waals surface area contributed by atoms with Gasteiger partial charge in [0, 0.05) is 31.5 Å². The van der Waals surface area contributed by atoms with E-state index in [1.807, 2.05) is 17.0 Å². The summed E-state index contributed by atoms with van der Waals surface area (Å²) in [5, 5.41) is 3.62. The number of benzene rings is 1. The minimum Gasteiger partial charge on any atom is -0.497 e. The maximum atomic E-state index is 11.9. The molecule has 3 unspecified atom stereocenters. The lowest BCUT2D eigenvalue weighted by atomic mass is 9.87. The smallest absolute Gasteiger partial charge is 0.219 e. The van der Waals surface area contributed by atoms with Crippen LogP contribution >= 0.6 is 0 Å². The summed E-state index contributed by atoms with van der Waals surface area (Å²) < 4.78 is 5.22. The van der Waals surface area contributed by atoms with E-state index in [0.717, 1.165) is 31.7 Å². The molecule has 3 rings (SSSR count). The lowest BCUT2D eigenvalue weighted by Gasteiger charge is -2.33. The second kappa shape index (κ2) is 5.44. The molecule has 1 amide bonds. The number of likely N-dealkylation sites (tertiary alicyclic amines) is 1. The van der Waals surface area contributed by atoms with Crippen LogP contribution in [0.3, 0.4) is 0 Å². The summed E-state index contributed by atoms with van der Waals surface area (Å²) in [5.41, 5.74) is 1.29. The first-order valence-corrected chi connectivity index (χ1v) is 7.35. The molecule has 2 saturated heterocycles. The number of nitrogens with zero attached hydrogens (tertiary/aromatic N) is 1.